The Bertz CT molecular complexity index is 3030. The average molecular weight is 736 g/mol. The molecule has 0 aliphatic heterocycles. The molecule has 0 bridgehead atoms. The fourth-order valence-corrected chi connectivity index (χ4v) is 11.1. The minimum Gasteiger partial charge on any atom is -0.310 e. The number of thiophene rings is 1. The van der Waals surface area contributed by atoms with Gasteiger partial charge in [-0.25, -0.2) is 0 Å². The van der Waals surface area contributed by atoms with Crippen LogP contribution < -0.4 is 4.90 Å². The Labute approximate surface area is 333 Å². The molecule has 2 aliphatic rings. The molecule has 1 heterocycles. The minimum atomic E-state index is -0.132. The van der Waals surface area contributed by atoms with E-state index in [1.54, 1.807) is 0 Å². The molecule has 0 N–H and O–H groups in total. The van der Waals surface area contributed by atoms with Crippen LogP contribution in [0.3, 0.4) is 0 Å². The molecule has 0 spiro atoms. The van der Waals surface area contributed by atoms with Crippen molar-refractivity contribution in [3.8, 4) is 44.5 Å². The summed E-state index contributed by atoms with van der Waals surface area (Å²) in [5, 5.41) is 2.62. The number of nitrogens with zero attached hydrogens (tertiary/aromatic N) is 1. The van der Waals surface area contributed by atoms with E-state index in [4.69, 9.17) is 0 Å². The van der Waals surface area contributed by atoms with Crippen molar-refractivity contribution in [2.75, 3.05) is 4.90 Å². The van der Waals surface area contributed by atoms with E-state index in [0.717, 1.165) is 17.1 Å². The summed E-state index contributed by atoms with van der Waals surface area (Å²) in [6.07, 6.45) is 0. The largest absolute Gasteiger partial charge is 0.310 e. The predicted octanol–water partition coefficient (Wildman–Crippen LogP) is 15.5. The van der Waals surface area contributed by atoms with Crippen molar-refractivity contribution in [2.24, 2.45) is 0 Å². The number of benzene rings is 8. The first-order valence-corrected chi connectivity index (χ1v) is 20.5. The van der Waals surface area contributed by atoms with Gasteiger partial charge in [0.2, 0.25) is 0 Å². The Morgan fingerprint density at radius 1 is 0.375 bits per heavy atom. The predicted molar refractivity (Wildman–Crippen MR) is 240 cm³/mol. The maximum Gasteiger partial charge on any atom is 0.0546 e. The van der Waals surface area contributed by atoms with Gasteiger partial charge in [0, 0.05) is 47.9 Å². The highest BCUT2D eigenvalue weighted by Gasteiger charge is 2.39. The van der Waals surface area contributed by atoms with Crippen molar-refractivity contribution in [1.29, 1.82) is 0 Å². The summed E-state index contributed by atoms with van der Waals surface area (Å²) < 4.78 is 2.61. The molecule has 1 nitrogen and oxygen atoms in total. The van der Waals surface area contributed by atoms with E-state index in [1.165, 1.54) is 86.9 Å². The summed E-state index contributed by atoms with van der Waals surface area (Å²) in [6, 6.07) is 65.9. The normalized spacial score (nSPS) is 14.4. The zero-order valence-corrected chi connectivity index (χ0v) is 32.9. The molecule has 0 radical (unpaired) electrons. The van der Waals surface area contributed by atoms with Crippen molar-refractivity contribution in [3.63, 3.8) is 0 Å². The van der Waals surface area contributed by atoms with Crippen LogP contribution in [-0.4, -0.2) is 0 Å². The van der Waals surface area contributed by atoms with Gasteiger partial charge in [-0.05, 0) is 97.6 Å². The van der Waals surface area contributed by atoms with Crippen LogP contribution in [0.1, 0.15) is 49.9 Å². The smallest absolute Gasteiger partial charge is 0.0546 e. The topological polar surface area (TPSA) is 3.24 Å². The summed E-state index contributed by atoms with van der Waals surface area (Å²) in [7, 11) is 0. The van der Waals surface area contributed by atoms with Crippen LogP contribution in [-0.2, 0) is 10.8 Å². The number of fused-ring (bicyclic) bond motifs is 9. The van der Waals surface area contributed by atoms with E-state index in [1.807, 2.05) is 11.3 Å². The van der Waals surface area contributed by atoms with Gasteiger partial charge in [0.15, 0.2) is 0 Å². The Balaban J connectivity index is 1.23. The Morgan fingerprint density at radius 2 is 0.946 bits per heavy atom. The third-order valence-electron chi connectivity index (χ3n) is 12.7. The van der Waals surface area contributed by atoms with Gasteiger partial charge < -0.3 is 4.90 Å². The molecule has 11 rings (SSSR count). The molecule has 8 aromatic carbocycles. The highest BCUT2D eigenvalue weighted by molar-refractivity contribution is 7.25. The first kappa shape index (κ1) is 33.1. The van der Waals surface area contributed by atoms with Gasteiger partial charge >= 0.3 is 0 Å². The molecule has 1 aromatic heterocycles. The lowest BCUT2D eigenvalue weighted by Gasteiger charge is -2.31. The standard InChI is InChI=1S/C54H41NS/c1-53(2)45-24-12-9-20-42(45)51-43(22-14-25-46(51)53)52-37(34-16-6-5-7-17-34)21-15-26-48(52)55(36-29-31-41-40-19-10-13-27-49(40)56-50(41)33-36)35-28-30-39-38-18-8-11-23-44(38)54(3,4)47(39)32-35/h5-33H,1-4H3. The van der Waals surface area contributed by atoms with Crippen LogP contribution in [0.25, 0.3) is 64.7 Å². The van der Waals surface area contributed by atoms with Crippen molar-refractivity contribution < 1.29 is 0 Å². The molecule has 2 heteroatoms. The summed E-state index contributed by atoms with van der Waals surface area (Å²) >= 11 is 1.88. The van der Waals surface area contributed by atoms with E-state index < -0.39 is 0 Å². The fourth-order valence-electron chi connectivity index (χ4n) is 9.94. The van der Waals surface area contributed by atoms with E-state index in [-0.39, 0.29) is 10.8 Å². The maximum atomic E-state index is 2.54. The van der Waals surface area contributed by atoms with E-state index in [9.17, 15) is 0 Å². The van der Waals surface area contributed by atoms with Crippen LogP contribution in [0.2, 0.25) is 0 Å². The quantitative estimate of drug-likeness (QED) is 0.170. The van der Waals surface area contributed by atoms with Crippen LogP contribution in [0, 0.1) is 0 Å². The first-order chi connectivity index (χ1) is 27.3. The summed E-state index contributed by atoms with van der Waals surface area (Å²) in [5.74, 6) is 0. The van der Waals surface area contributed by atoms with Crippen LogP contribution >= 0.6 is 11.3 Å². The fraction of sp³-hybridized carbons (Fsp3) is 0.111. The van der Waals surface area contributed by atoms with Crippen molar-refractivity contribution in [3.05, 3.63) is 198 Å². The number of hydrogen-bond acceptors (Lipinski definition) is 2. The highest BCUT2D eigenvalue weighted by atomic mass is 32.1. The third-order valence-corrected chi connectivity index (χ3v) is 13.8. The van der Waals surface area contributed by atoms with E-state index in [0.29, 0.717) is 0 Å². The molecular weight excluding hydrogens is 695 g/mol. The lowest BCUT2D eigenvalue weighted by Crippen LogP contribution is -2.17. The second kappa shape index (κ2) is 12.1. The van der Waals surface area contributed by atoms with Crippen molar-refractivity contribution >= 4 is 48.6 Å². The second-order valence-corrected chi connectivity index (χ2v) is 17.6. The van der Waals surface area contributed by atoms with E-state index in [2.05, 4.69) is 209 Å². The molecule has 9 aromatic rings. The summed E-state index contributed by atoms with van der Waals surface area (Å²) in [4.78, 5) is 2.54. The van der Waals surface area contributed by atoms with Crippen LogP contribution in [0.15, 0.2) is 176 Å². The molecule has 0 saturated heterocycles. The zero-order valence-electron chi connectivity index (χ0n) is 32.1. The molecule has 268 valence electrons. The Morgan fingerprint density at radius 3 is 1.79 bits per heavy atom. The minimum absolute atomic E-state index is 0.115. The molecule has 56 heavy (non-hydrogen) atoms. The first-order valence-electron chi connectivity index (χ1n) is 19.7. The molecule has 0 fully saturated rings. The zero-order chi connectivity index (χ0) is 37.8. The average Bonchev–Trinajstić information content (AvgIpc) is 3.80. The Kier molecular flexibility index (Phi) is 7.18. The third kappa shape index (κ3) is 4.72. The van der Waals surface area contributed by atoms with E-state index >= 15 is 0 Å². The molecule has 0 saturated carbocycles. The van der Waals surface area contributed by atoms with Crippen LogP contribution in [0.5, 0.6) is 0 Å². The molecule has 0 amide bonds. The highest BCUT2D eigenvalue weighted by Crippen LogP contribution is 2.56. The monoisotopic (exact) mass is 735 g/mol. The van der Waals surface area contributed by atoms with Gasteiger partial charge in [0.1, 0.15) is 0 Å². The molecule has 0 unspecified atom stereocenters. The van der Waals surface area contributed by atoms with Gasteiger partial charge in [-0.1, -0.05) is 167 Å². The van der Waals surface area contributed by atoms with Gasteiger partial charge in [0.05, 0.1) is 5.69 Å². The van der Waals surface area contributed by atoms with Crippen molar-refractivity contribution in [2.45, 2.75) is 38.5 Å². The Hall–Kier alpha value is -6.22. The SMILES string of the molecule is CC1(C)c2ccccc2-c2ccc(N(c3ccc4c(c3)sc3ccccc34)c3cccc(-c4ccccc4)c3-c3cccc4c3-c3ccccc3C4(C)C)cc21. The van der Waals surface area contributed by atoms with Gasteiger partial charge in [0.25, 0.3) is 0 Å². The van der Waals surface area contributed by atoms with Crippen molar-refractivity contribution in [1.82, 2.24) is 0 Å². The number of rotatable bonds is 5. The summed E-state index contributed by atoms with van der Waals surface area (Å²) in [5.41, 5.74) is 19.0. The number of hydrogen-bond donors (Lipinski definition) is 0. The van der Waals surface area contributed by atoms with Gasteiger partial charge in [-0.2, -0.15) is 0 Å². The van der Waals surface area contributed by atoms with Crippen LogP contribution in [0.4, 0.5) is 17.1 Å². The number of anilines is 3. The lowest BCUT2D eigenvalue weighted by atomic mass is 9.81. The summed E-state index contributed by atoms with van der Waals surface area (Å²) in [6.45, 7) is 9.51. The molecule has 2 aliphatic carbocycles. The second-order valence-electron chi connectivity index (χ2n) is 16.5. The molecule has 0 atom stereocenters. The van der Waals surface area contributed by atoms with Gasteiger partial charge in [-0.15, -0.1) is 11.3 Å². The molecular formula is C54H41NS. The maximum absolute atomic E-state index is 2.54. The van der Waals surface area contributed by atoms with Gasteiger partial charge in [-0.3, -0.25) is 0 Å². The lowest BCUT2D eigenvalue weighted by molar-refractivity contribution is 0.660.